The number of hydrogen-bond donors (Lipinski definition) is 2. The van der Waals surface area contributed by atoms with E-state index in [1.807, 2.05) is 0 Å². The molecule has 0 bridgehead atoms. The molecule has 2 aromatic carbocycles. The number of Topliss-reactive ketones (excluding diaryl/α,β-unsaturated/α-hetero) is 1. The topological polar surface area (TPSA) is 75.3 Å². The van der Waals surface area contributed by atoms with E-state index in [-0.39, 0.29) is 17.6 Å². The minimum atomic E-state index is -0.317. The number of ketones is 1. The fourth-order valence-electron chi connectivity index (χ4n) is 2.00. The van der Waals surface area contributed by atoms with Gasteiger partial charge in [-0.2, -0.15) is 0 Å². The summed E-state index contributed by atoms with van der Waals surface area (Å²) in [5, 5.41) is 5.35. The highest BCUT2D eigenvalue weighted by Crippen LogP contribution is 2.17. The van der Waals surface area contributed by atoms with Gasteiger partial charge in [-0.05, 0) is 43.3 Å². The van der Waals surface area contributed by atoms with Gasteiger partial charge in [-0.1, -0.05) is 12.1 Å². The number of para-hydroxylation sites is 1. The van der Waals surface area contributed by atoms with Crippen molar-refractivity contribution in [2.24, 2.45) is 0 Å². The molecule has 112 valence electrons. The number of benzene rings is 2. The van der Waals surface area contributed by atoms with Gasteiger partial charge in [-0.25, -0.2) is 0 Å². The lowest BCUT2D eigenvalue weighted by Gasteiger charge is -2.09. The lowest BCUT2D eigenvalue weighted by atomic mass is 10.1. The van der Waals surface area contributed by atoms with Gasteiger partial charge in [0.05, 0.1) is 5.69 Å². The minimum Gasteiger partial charge on any atom is -0.326 e. The number of anilines is 2. The van der Waals surface area contributed by atoms with Crippen molar-refractivity contribution in [2.45, 2.75) is 13.8 Å². The Morgan fingerprint density at radius 2 is 1.45 bits per heavy atom. The summed E-state index contributed by atoms with van der Waals surface area (Å²) in [5.41, 5.74) is 2.00. The van der Waals surface area contributed by atoms with Gasteiger partial charge in [0.1, 0.15) is 0 Å². The first-order valence-corrected chi connectivity index (χ1v) is 6.76. The molecular weight excluding hydrogens is 280 g/mol. The fourth-order valence-corrected chi connectivity index (χ4v) is 2.00. The summed E-state index contributed by atoms with van der Waals surface area (Å²) in [5.74, 6) is -0.604. The summed E-state index contributed by atoms with van der Waals surface area (Å²) in [7, 11) is 0. The quantitative estimate of drug-likeness (QED) is 0.851. The van der Waals surface area contributed by atoms with Crippen molar-refractivity contribution in [1.82, 2.24) is 0 Å². The standard InChI is InChI=1S/C17H16N2O3/c1-11(20)15-5-3-4-6-16(15)19-17(22)13-7-9-14(10-8-13)18-12(2)21/h3-10H,1-2H3,(H,18,21)(H,19,22). The Labute approximate surface area is 128 Å². The summed E-state index contributed by atoms with van der Waals surface area (Å²) in [6.45, 7) is 2.87. The van der Waals surface area contributed by atoms with Gasteiger partial charge in [0, 0.05) is 23.7 Å². The van der Waals surface area contributed by atoms with Gasteiger partial charge in [-0.3, -0.25) is 14.4 Å². The van der Waals surface area contributed by atoms with E-state index in [0.717, 1.165) is 0 Å². The van der Waals surface area contributed by atoms with E-state index in [2.05, 4.69) is 10.6 Å². The number of hydrogen-bond acceptors (Lipinski definition) is 3. The first-order chi connectivity index (χ1) is 10.5. The van der Waals surface area contributed by atoms with Crippen LogP contribution in [0.25, 0.3) is 0 Å². The lowest BCUT2D eigenvalue weighted by Crippen LogP contribution is -2.14. The molecule has 0 aromatic heterocycles. The zero-order chi connectivity index (χ0) is 16.1. The monoisotopic (exact) mass is 296 g/mol. The van der Waals surface area contributed by atoms with Crippen LogP contribution in [0.2, 0.25) is 0 Å². The summed E-state index contributed by atoms with van der Waals surface area (Å²) in [6, 6.07) is 13.4. The van der Waals surface area contributed by atoms with Crippen LogP contribution in [0, 0.1) is 0 Å². The molecule has 5 nitrogen and oxygen atoms in total. The third-order valence-electron chi connectivity index (χ3n) is 3.02. The average Bonchev–Trinajstić information content (AvgIpc) is 2.47. The fraction of sp³-hybridized carbons (Fsp3) is 0.118. The average molecular weight is 296 g/mol. The number of nitrogens with one attached hydrogen (secondary N) is 2. The zero-order valence-electron chi connectivity index (χ0n) is 12.3. The number of carbonyl (C=O) groups excluding carboxylic acids is 3. The van der Waals surface area contributed by atoms with Gasteiger partial charge in [-0.15, -0.1) is 0 Å². The highest BCUT2D eigenvalue weighted by molar-refractivity contribution is 6.09. The summed E-state index contributed by atoms with van der Waals surface area (Å²) >= 11 is 0. The van der Waals surface area contributed by atoms with E-state index >= 15 is 0 Å². The maximum absolute atomic E-state index is 12.2. The number of amides is 2. The molecule has 0 heterocycles. The second kappa shape index (κ2) is 6.67. The van der Waals surface area contributed by atoms with Crippen LogP contribution >= 0.6 is 0 Å². The van der Waals surface area contributed by atoms with Gasteiger partial charge < -0.3 is 10.6 Å². The second-order valence-electron chi connectivity index (χ2n) is 4.81. The molecule has 2 amide bonds. The highest BCUT2D eigenvalue weighted by Gasteiger charge is 2.11. The van der Waals surface area contributed by atoms with Gasteiger partial charge in [0.2, 0.25) is 5.91 Å². The summed E-state index contributed by atoms with van der Waals surface area (Å²) in [4.78, 5) is 34.7. The molecule has 0 aliphatic heterocycles. The lowest BCUT2D eigenvalue weighted by molar-refractivity contribution is -0.114. The molecule has 22 heavy (non-hydrogen) atoms. The normalized spacial score (nSPS) is 9.91. The molecule has 0 radical (unpaired) electrons. The predicted molar refractivity (Wildman–Crippen MR) is 85.1 cm³/mol. The van der Waals surface area contributed by atoms with Crippen LogP contribution in [0.1, 0.15) is 34.6 Å². The molecule has 0 saturated carbocycles. The molecule has 0 atom stereocenters. The van der Waals surface area contributed by atoms with E-state index in [4.69, 9.17) is 0 Å². The maximum atomic E-state index is 12.2. The first-order valence-electron chi connectivity index (χ1n) is 6.76. The third-order valence-corrected chi connectivity index (χ3v) is 3.02. The van der Waals surface area contributed by atoms with Crippen LogP contribution < -0.4 is 10.6 Å². The molecule has 0 unspecified atom stereocenters. The predicted octanol–water partition coefficient (Wildman–Crippen LogP) is 3.10. The summed E-state index contributed by atoms with van der Waals surface area (Å²) in [6.07, 6.45) is 0. The van der Waals surface area contributed by atoms with Crippen molar-refractivity contribution >= 4 is 29.0 Å². The van der Waals surface area contributed by atoms with Crippen molar-refractivity contribution in [3.8, 4) is 0 Å². The highest BCUT2D eigenvalue weighted by atomic mass is 16.2. The van der Waals surface area contributed by atoms with E-state index in [0.29, 0.717) is 22.5 Å². The minimum absolute atomic E-state index is 0.114. The van der Waals surface area contributed by atoms with Gasteiger partial charge >= 0.3 is 0 Å². The van der Waals surface area contributed by atoms with Crippen LogP contribution in [0.5, 0.6) is 0 Å². The van der Waals surface area contributed by atoms with Crippen molar-refractivity contribution in [2.75, 3.05) is 10.6 Å². The van der Waals surface area contributed by atoms with Crippen LogP contribution in [-0.4, -0.2) is 17.6 Å². The van der Waals surface area contributed by atoms with Crippen LogP contribution in [0.4, 0.5) is 11.4 Å². The SMILES string of the molecule is CC(=O)Nc1ccc(C(=O)Nc2ccccc2C(C)=O)cc1. The van der Waals surface area contributed by atoms with E-state index in [1.165, 1.54) is 13.8 Å². The molecule has 2 N–H and O–H groups in total. The first kappa shape index (κ1) is 15.4. The molecule has 0 aliphatic rings. The Balaban J connectivity index is 2.16. The molecular formula is C17H16N2O3. The number of rotatable bonds is 4. The molecule has 2 aromatic rings. The smallest absolute Gasteiger partial charge is 0.255 e. The van der Waals surface area contributed by atoms with Gasteiger partial charge in [0.25, 0.3) is 5.91 Å². The van der Waals surface area contributed by atoms with Crippen LogP contribution in [0.15, 0.2) is 48.5 Å². The third kappa shape index (κ3) is 3.79. The molecule has 0 fully saturated rings. The molecule has 5 heteroatoms. The van der Waals surface area contributed by atoms with Crippen molar-refractivity contribution in [3.63, 3.8) is 0 Å². The van der Waals surface area contributed by atoms with Crippen molar-refractivity contribution < 1.29 is 14.4 Å². The van der Waals surface area contributed by atoms with Gasteiger partial charge in [0.15, 0.2) is 5.78 Å². The van der Waals surface area contributed by atoms with E-state index < -0.39 is 0 Å². The van der Waals surface area contributed by atoms with E-state index in [1.54, 1.807) is 48.5 Å². The molecule has 0 spiro atoms. The van der Waals surface area contributed by atoms with Crippen LogP contribution in [0.3, 0.4) is 0 Å². The van der Waals surface area contributed by atoms with Crippen LogP contribution in [-0.2, 0) is 4.79 Å². The maximum Gasteiger partial charge on any atom is 0.255 e. The Morgan fingerprint density at radius 1 is 0.818 bits per heavy atom. The van der Waals surface area contributed by atoms with E-state index in [9.17, 15) is 14.4 Å². The Hall–Kier alpha value is -2.95. The molecule has 0 saturated heterocycles. The zero-order valence-corrected chi connectivity index (χ0v) is 12.3. The largest absolute Gasteiger partial charge is 0.326 e. The second-order valence-corrected chi connectivity index (χ2v) is 4.81. The van der Waals surface area contributed by atoms with Crippen molar-refractivity contribution in [3.05, 3.63) is 59.7 Å². The Kier molecular flexibility index (Phi) is 4.68. The number of carbonyl (C=O) groups is 3. The molecule has 0 aliphatic carbocycles. The molecule has 2 rings (SSSR count). The Bertz CT molecular complexity index is 721. The summed E-state index contributed by atoms with van der Waals surface area (Å²) < 4.78 is 0. The van der Waals surface area contributed by atoms with Crippen molar-refractivity contribution in [1.29, 1.82) is 0 Å². The Morgan fingerprint density at radius 3 is 2.05 bits per heavy atom.